The van der Waals surface area contributed by atoms with Crippen LogP contribution >= 0.6 is 0 Å². The highest BCUT2D eigenvalue weighted by Crippen LogP contribution is 2.35. The maximum absolute atomic E-state index is 10.1. The summed E-state index contributed by atoms with van der Waals surface area (Å²) in [5, 5.41) is 10.1. The van der Waals surface area contributed by atoms with Crippen LogP contribution in [0.5, 0.6) is 5.75 Å². The molecular weight excluding hydrogens is 212 g/mol. The molecule has 0 saturated heterocycles. The molecule has 0 fully saturated rings. The summed E-state index contributed by atoms with van der Waals surface area (Å²) in [5.41, 5.74) is 2.48. The Hall–Kier alpha value is -1.02. The molecule has 1 aromatic carbocycles. The van der Waals surface area contributed by atoms with E-state index in [0.717, 1.165) is 23.3 Å². The molecule has 96 valence electrons. The smallest absolute Gasteiger partial charge is 0.125 e. The van der Waals surface area contributed by atoms with E-state index in [1.54, 1.807) is 7.11 Å². The standard InChI is InChI=1S/C15H24O2/c1-7-11-8-12(15(4,5)16)9-13(10(2)3)14(11)17-6/h8-10,16H,7H2,1-6H3. The molecule has 1 N–H and O–H groups in total. The molecule has 0 amide bonds. The van der Waals surface area contributed by atoms with Crippen molar-refractivity contribution >= 4 is 0 Å². The molecule has 1 rings (SSSR count). The van der Waals surface area contributed by atoms with E-state index in [2.05, 4.69) is 26.8 Å². The molecule has 0 aliphatic carbocycles. The van der Waals surface area contributed by atoms with Crippen molar-refractivity contribution in [1.82, 2.24) is 0 Å². The molecule has 1 aromatic rings. The van der Waals surface area contributed by atoms with Crippen LogP contribution in [0.3, 0.4) is 0 Å². The van der Waals surface area contributed by atoms with E-state index in [1.807, 2.05) is 19.9 Å². The minimum absolute atomic E-state index is 0.387. The lowest BCUT2D eigenvalue weighted by atomic mass is 9.89. The van der Waals surface area contributed by atoms with Crippen LogP contribution in [0.2, 0.25) is 0 Å². The molecule has 0 spiro atoms. The third kappa shape index (κ3) is 3.01. The fourth-order valence-corrected chi connectivity index (χ4v) is 2.01. The Labute approximate surface area is 105 Å². The van der Waals surface area contributed by atoms with E-state index in [0.29, 0.717) is 5.92 Å². The summed E-state index contributed by atoms with van der Waals surface area (Å²) in [6.45, 7) is 10.0. The largest absolute Gasteiger partial charge is 0.496 e. The lowest BCUT2D eigenvalue weighted by Crippen LogP contribution is -2.17. The third-order valence-corrected chi connectivity index (χ3v) is 3.11. The van der Waals surface area contributed by atoms with Gasteiger partial charge in [0, 0.05) is 0 Å². The molecule has 0 unspecified atom stereocenters. The van der Waals surface area contributed by atoms with Gasteiger partial charge in [-0.1, -0.05) is 20.8 Å². The first-order chi connectivity index (χ1) is 7.81. The molecule has 0 bridgehead atoms. The molecule has 2 nitrogen and oxygen atoms in total. The summed E-state index contributed by atoms with van der Waals surface area (Å²) >= 11 is 0. The average Bonchev–Trinajstić information content (AvgIpc) is 2.25. The monoisotopic (exact) mass is 236 g/mol. The molecule has 0 aromatic heterocycles. The summed E-state index contributed by atoms with van der Waals surface area (Å²) < 4.78 is 5.51. The van der Waals surface area contributed by atoms with Gasteiger partial charge in [-0.15, -0.1) is 0 Å². The maximum atomic E-state index is 10.1. The van der Waals surface area contributed by atoms with Crippen LogP contribution in [-0.2, 0) is 12.0 Å². The number of hydrogen-bond acceptors (Lipinski definition) is 2. The molecule has 0 aliphatic rings. The predicted molar refractivity (Wildman–Crippen MR) is 71.7 cm³/mol. The van der Waals surface area contributed by atoms with Crippen LogP contribution in [0.4, 0.5) is 0 Å². The van der Waals surface area contributed by atoms with Crippen LogP contribution in [0, 0.1) is 0 Å². The van der Waals surface area contributed by atoms with Crippen LogP contribution < -0.4 is 4.74 Å². The van der Waals surface area contributed by atoms with Crippen molar-refractivity contribution in [1.29, 1.82) is 0 Å². The zero-order chi connectivity index (χ0) is 13.2. The summed E-state index contributed by atoms with van der Waals surface area (Å²) in [7, 11) is 1.71. The van der Waals surface area contributed by atoms with Gasteiger partial charge < -0.3 is 9.84 Å². The van der Waals surface area contributed by atoms with Crippen LogP contribution in [0.25, 0.3) is 0 Å². The Kier molecular flexibility index (Phi) is 4.21. The summed E-state index contributed by atoms with van der Waals surface area (Å²) in [4.78, 5) is 0. The van der Waals surface area contributed by atoms with Crippen molar-refractivity contribution < 1.29 is 9.84 Å². The molecular formula is C15H24O2. The minimum Gasteiger partial charge on any atom is -0.496 e. The van der Waals surface area contributed by atoms with Gasteiger partial charge in [-0.2, -0.15) is 0 Å². The quantitative estimate of drug-likeness (QED) is 0.865. The Bertz CT molecular complexity index is 387. The second-order valence-corrected chi connectivity index (χ2v) is 5.33. The Balaban J connectivity index is 3.46. The van der Waals surface area contributed by atoms with E-state index in [-0.39, 0.29) is 0 Å². The number of aliphatic hydroxyl groups is 1. The van der Waals surface area contributed by atoms with Gasteiger partial charge in [0.1, 0.15) is 5.75 Å². The third-order valence-electron chi connectivity index (χ3n) is 3.11. The zero-order valence-electron chi connectivity index (χ0n) is 11.8. The zero-order valence-corrected chi connectivity index (χ0v) is 11.8. The van der Waals surface area contributed by atoms with Crippen molar-refractivity contribution in [3.8, 4) is 5.75 Å². The van der Waals surface area contributed by atoms with Gasteiger partial charge >= 0.3 is 0 Å². The fourth-order valence-electron chi connectivity index (χ4n) is 2.01. The van der Waals surface area contributed by atoms with Gasteiger partial charge in [-0.3, -0.25) is 0 Å². The van der Waals surface area contributed by atoms with Gasteiger partial charge in [0.15, 0.2) is 0 Å². The van der Waals surface area contributed by atoms with E-state index in [1.165, 1.54) is 5.56 Å². The average molecular weight is 236 g/mol. The van der Waals surface area contributed by atoms with Crippen molar-refractivity contribution in [2.75, 3.05) is 7.11 Å². The normalized spacial score (nSPS) is 12.0. The predicted octanol–water partition coefficient (Wildman–Crippen LogP) is 3.61. The molecule has 0 aliphatic heterocycles. The first kappa shape index (κ1) is 14.0. The molecule has 0 radical (unpaired) electrons. The number of benzene rings is 1. The number of aryl methyl sites for hydroxylation is 1. The lowest BCUT2D eigenvalue weighted by Gasteiger charge is -2.23. The second-order valence-electron chi connectivity index (χ2n) is 5.33. The topological polar surface area (TPSA) is 29.5 Å². The molecule has 2 heteroatoms. The van der Waals surface area contributed by atoms with Gasteiger partial charge in [-0.05, 0) is 55.0 Å². The number of rotatable bonds is 4. The minimum atomic E-state index is -0.806. The van der Waals surface area contributed by atoms with Gasteiger partial charge in [0.25, 0.3) is 0 Å². The second kappa shape index (κ2) is 5.09. The van der Waals surface area contributed by atoms with Crippen molar-refractivity contribution in [2.45, 2.75) is 52.6 Å². The molecule has 0 atom stereocenters. The van der Waals surface area contributed by atoms with Crippen molar-refractivity contribution in [3.05, 3.63) is 28.8 Å². The molecule has 0 heterocycles. The van der Waals surface area contributed by atoms with Gasteiger partial charge in [0.2, 0.25) is 0 Å². The van der Waals surface area contributed by atoms with Crippen molar-refractivity contribution in [3.63, 3.8) is 0 Å². The number of methoxy groups -OCH3 is 1. The Morgan fingerprint density at radius 3 is 2.24 bits per heavy atom. The first-order valence-corrected chi connectivity index (χ1v) is 6.24. The van der Waals surface area contributed by atoms with Crippen LogP contribution in [0.15, 0.2) is 12.1 Å². The maximum Gasteiger partial charge on any atom is 0.125 e. The first-order valence-electron chi connectivity index (χ1n) is 6.24. The molecule has 17 heavy (non-hydrogen) atoms. The van der Waals surface area contributed by atoms with Crippen molar-refractivity contribution in [2.24, 2.45) is 0 Å². The van der Waals surface area contributed by atoms with Crippen LogP contribution in [-0.4, -0.2) is 12.2 Å². The van der Waals surface area contributed by atoms with E-state index in [9.17, 15) is 5.11 Å². The SMILES string of the molecule is CCc1cc(C(C)(C)O)cc(C(C)C)c1OC. The van der Waals surface area contributed by atoms with E-state index >= 15 is 0 Å². The number of ether oxygens (including phenoxy) is 1. The summed E-state index contributed by atoms with van der Waals surface area (Å²) in [6.07, 6.45) is 0.910. The fraction of sp³-hybridized carbons (Fsp3) is 0.600. The number of hydrogen-bond donors (Lipinski definition) is 1. The van der Waals surface area contributed by atoms with E-state index in [4.69, 9.17) is 4.74 Å². The summed E-state index contributed by atoms with van der Waals surface area (Å²) in [6, 6.07) is 4.10. The highest BCUT2D eigenvalue weighted by molar-refractivity contribution is 5.47. The molecule has 0 saturated carbocycles. The summed E-state index contributed by atoms with van der Waals surface area (Å²) in [5.74, 6) is 1.35. The lowest BCUT2D eigenvalue weighted by molar-refractivity contribution is 0.0783. The highest BCUT2D eigenvalue weighted by Gasteiger charge is 2.21. The van der Waals surface area contributed by atoms with E-state index < -0.39 is 5.60 Å². The van der Waals surface area contributed by atoms with Crippen LogP contribution in [0.1, 0.15) is 57.2 Å². The Morgan fingerprint density at radius 1 is 1.29 bits per heavy atom. The van der Waals surface area contributed by atoms with Gasteiger partial charge in [-0.25, -0.2) is 0 Å². The van der Waals surface area contributed by atoms with Gasteiger partial charge in [0.05, 0.1) is 12.7 Å². The Morgan fingerprint density at radius 2 is 1.88 bits per heavy atom. The highest BCUT2D eigenvalue weighted by atomic mass is 16.5.